The van der Waals surface area contributed by atoms with Gasteiger partial charge in [0, 0.05) is 21.2 Å². The molecule has 0 aromatic rings. The van der Waals surface area contributed by atoms with Crippen LogP contribution in [0.15, 0.2) is 11.1 Å². The highest BCUT2D eigenvalue weighted by molar-refractivity contribution is 14.1. The third-order valence-corrected chi connectivity index (χ3v) is 14.2. The molecule has 0 radical (unpaired) electrons. The molecule has 0 heterocycles. The quantitative estimate of drug-likeness (QED) is 0.174. The first-order valence-corrected chi connectivity index (χ1v) is 16.4. The summed E-state index contributed by atoms with van der Waals surface area (Å²) in [7, 11) is 0. The van der Waals surface area contributed by atoms with E-state index in [4.69, 9.17) is 4.74 Å². The summed E-state index contributed by atoms with van der Waals surface area (Å²) in [5.41, 5.74) is 3.34. The summed E-state index contributed by atoms with van der Waals surface area (Å²) in [6.45, 7) is 11.3. The van der Waals surface area contributed by atoms with E-state index in [-0.39, 0.29) is 23.4 Å². The number of halogens is 2. The number of carbonyl (C=O) groups excluding carboxylic acids is 2. The molecule has 5 rings (SSSR count). The summed E-state index contributed by atoms with van der Waals surface area (Å²) in [5.74, 6) is 4.39. The maximum atomic E-state index is 13.9. The Kier molecular flexibility index (Phi) is 7.08. The van der Waals surface area contributed by atoms with Crippen LogP contribution in [0.25, 0.3) is 0 Å². The molecule has 5 heteroatoms. The normalized spacial score (nSPS) is 48.6. The highest BCUT2D eigenvalue weighted by Crippen LogP contribution is 2.72. The molecule has 4 saturated carbocycles. The van der Waals surface area contributed by atoms with Crippen LogP contribution in [0.5, 0.6) is 0 Å². The molecule has 1 unspecified atom stereocenters. The summed E-state index contributed by atoms with van der Waals surface area (Å²) in [6.07, 6.45) is 9.30. The first-order chi connectivity index (χ1) is 16.0. The summed E-state index contributed by atoms with van der Waals surface area (Å²) >= 11 is 5.20. The maximum Gasteiger partial charge on any atom is 0.302 e. The van der Waals surface area contributed by atoms with E-state index < -0.39 is 0 Å². The van der Waals surface area contributed by atoms with Crippen molar-refractivity contribution in [2.24, 2.45) is 52.3 Å². The topological polar surface area (TPSA) is 43.4 Å². The SMILES string of the molecule is CC(=O)O[C@H]1CC[C@@]2(C)[C@@H](CC[C@@H]3[C@@H]2CC2=C(C[C@H](C)CI)C(=O)C(C)[C@H]4[C@H](I)C[C@@H]3[C@]24C)C1. The van der Waals surface area contributed by atoms with Gasteiger partial charge < -0.3 is 4.74 Å². The number of alkyl halides is 2. The third-order valence-electron chi connectivity index (χ3n) is 11.4. The molecule has 0 amide bonds. The number of rotatable bonds is 4. The number of ketones is 1. The van der Waals surface area contributed by atoms with Crippen LogP contribution in [-0.4, -0.2) is 26.2 Å². The summed E-state index contributed by atoms with van der Waals surface area (Å²) in [6, 6.07) is 0. The number of allylic oxidation sites excluding steroid dienone is 2. The molecule has 3 nitrogen and oxygen atoms in total. The zero-order chi connectivity index (χ0) is 24.6. The molecule has 4 fully saturated rings. The lowest BCUT2D eigenvalue weighted by Crippen LogP contribution is -2.57. The van der Waals surface area contributed by atoms with Gasteiger partial charge >= 0.3 is 5.97 Å². The number of hydrogen-bond acceptors (Lipinski definition) is 3. The average Bonchev–Trinajstić information content (AvgIpc) is 3.06. The van der Waals surface area contributed by atoms with Crippen molar-refractivity contribution in [1.29, 1.82) is 0 Å². The molecule has 0 aromatic heterocycles. The van der Waals surface area contributed by atoms with Crippen molar-refractivity contribution in [3.05, 3.63) is 11.1 Å². The lowest BCUT2D eigenvalue weighted by atomic mass is 9.42. The standard InChI is InChI=1S/C29H42I2O3/c1-15(14-30)10-21-23-12-22-20(24-13-25(31)26(29(23,24)5)16(2)27(21)33)7-6-18-11-19(34-17(3)32)8-9-28(18,22)4/h15-16,18-20,22,24-26H,6-14H2,1-5H3/t15-,16?,18-,19-,20+,22-,24-,25+,26-,28-,29-/m0/s1. The first-order valence-electron chi connectivity index (χ1n) is 13.7. The molecule has 0 aromatic carbocycles. The van der Waals surface area contributed by atoms with E-state index in [1.807, 2.05) is 0 Å². The smallest absolute Gasteiger partial charge is 0.302 e. The summed E-state index contributed by atoms with van der Waals surface area (Å²) in [4.78, 5) is 25.5. The van der Waals surface area contributed by atoms with Gasteiger partial charge in [0.15, 0.2) is 5.78 Å². The Morgan fingerprint density at radius 2 is 1.91 bits per heavy atom. The predicted octanol–water partition coefficient (Wildman–Crippen LogP) is 7.58. The molecule has 0 bridgehead atoms. The minimum absolute atomic E-state index is 0.104. The van der Waals surface area contributed by atoms with Gasteiger partial charge in [0.2, 0.25) is 0 Å². The molecule has 34 heavy (non-hydrogen) atoms. The number of Topliss-reactive ketones (excluding diaryl/α,β-unsaturated/α-hetero) is 1. The Hall–Kier alpha value is 0.340. The molecule has 0 saturated heterocycles. The van der Waals surface area contributed by atoms with E-state index in [9.17, 15) is 9.59 Å². The Labute approximate surface area is 233 Å². The molecule has 0 aliphatic heterocycles. The van der Waals surface area contributed by atoms with Crippen LogP contribution in [-0.2, 0) is 14.3 Å². The van der Waals surface area contributed by atoms with Crippen molar-refractivity contribution in [3.63, 3.8) is 0 Å². The Morgan fingerprint density at radius 1 is 1.18 bits per heavy atom. The van der Waals surface area contributed by atoms with Crippen molar-refractivity contribution in [2.45, 2.75) is 96.0 Å². The van der Waals surface area contributed by atoms with E-state index >= 15 is 0 Å². The second-order valence-corrected chi connectivity index (χ2v) is 15.5. The van der Waals surface area contributed by atoms with E-state index in [1.165, 1.54) is 24.8 Å². The molecule has 0 N–H and O–H groups in total. The van der Waals surface area contributed by atoms with Crippen LogP contribution in [0.3, 0.4) is 0 Å². The second kappa shape index (κ2) is 9.27. The highest BCUT2D eigenvalue weighted by Gasteiger charge is 2.67. The molecule has 190 valence electrons. The van der Waals surface area contributed by atoms with Crippen LogP contribution < -0.4 is 0 Å². The molecule has 5 aliphatic carbocycles. The zero-order valence-electron chi connectivity index (χ0n) is 21.5. The van der Waals surface area contributed by atoms with Gasteiger partial charge in [-0.3, -0.25) is 9.59 Å². The van der Waals surface area contributed by atoms with E-state index in [0.29, 0.717) is 38.8 Å². The van der Waals surface area contributed by atoms with Gasteiger partial charge in [0.05, 0.1) is 0 Å². The number of ether oxygens (including phenoxy) is 1. The predicted molar refractivity (Wildman–Crippen MR) is 153 cm³/mol. The first kappa shape index (κ1) is 26.0. The second-order valence-electron chi connectivity index (χ2n) is 13.0. The zero-order valence-corrected chi connectivity index (χ0v) is 25.9. The number of esters is 1. The fourth-order valence-electron chi connectivity index (χ4n) is 9.84. The van der Waals surface area contributed by atoms with Gasteiger partial charge in [-0.2, -0.15) is 0 Å². The fraction of sp³-hybridized carbons (Fsp3) is 0.862. The molecular formula is C29H42I2O3. The number of carbonyl (C=O) groups is 2. The van der Waals surface area contributed by atoms with Gasteiger partial charge in [-0.25, -0.2) is 0 Å². The number of fused-ring (bicyclic) bond motifs is 4. The Morgan fingerprint density at radius 3 is 2.59 bits per heavy atom. The van der Waals surface area contributed by atoms with E-state index in [2.05, 4.69) is 72.9 Å². The van der Waals surface area contributed by atoms with Crippen LogP contribution in [0, 0.1) is 52.3 Å². The monoisotopic (exact) mass is 692 g/mol. The molecule has 11 atom stereocenters. The van der Waals surface area contributed by atoms with Crippen molar-refractivity contribution < 1.29 is 14.3 Å². The van der Waals surface area contributed by atoms with Crippen molar-refractivity contribution in [3.8, 4) is 0 Å². The average molecular weight is 692 g/mol. The third kappa shape index (κ3) is 3.81. The largest absolute Gasteiger partial charge is 0.463 e. The van der Waals surface area contributed by atoms with Gasteiger partial charge in [0.1, 0.15) is 6.10 Å². The summed E-state index contributed by atoms with van der Waals surface area (Å²) < 4.78 is 7.41. The van der Waals surface area contributed by atoms with Gasteiger partial charge in [-0.05, 0) is 103 Å². The fourth-order valence-corrected chi connectivity index (χ4v) is 12.1. The lowest BCUT2D eigenvalue weighted by molar-refractivity contribution is -0.157. The summed E-state index contributed by atoms with van der Waals surface area (Å²) in [5, 5.41) is 0. The molecular weight excluding hydrogens is 650 g/mol. The number of hydrogen-bond donors (Lipinski definition) is 0. The van der Waals surface area contributed by atoms with Gasteiger partial charge in [0.25, 0.3) is 0 Å². The van der Waals surface area contributed by atoms with E-state index in [0.717, 1.165) is 48.4 Å². The van der Waals surface area contributed by atoms with Crippen LogP contribution in [0.4, 0.5) is 0 Å². The van der Waals surface area contributed by atoms with Crippen molar-refractivity contribution in [1.82, 2.24) is 0 Å². The Bertz CT molecular complexity index is 898. The Balaban J connectivity index is 1.55. The highest BCUT2D eigenvalue weighted by atomic mass is 127. The van der Waals surface area contributed by atoms with Gasteiger partial charge in [-0.15, -0.1) is 0 Å². The van der Waals surface area contributed by atoms with Crippen LogP contribution in [0.1, 0.15) is 86.0 Å². The molecule has 0 spiro atoms. The van der Waals surface area contributed by atoms with Crippen molar-refractivity contribution in [2.75, 3.05) is 4.43 Å². The van der Waals surface area contributed by atoms with Gasteiger partial charge in [-0.1, -0.05) is 78.4 Å². The van der Waals surface area contributed by atoms with E-state index in [1.54, 1.807) is 12.5 Å². The molecule has 5 aliphatic rings. The van der Waals surface area contributed by atoms with Crippen LogP contribution >= 0.6 is 45.2 Å². The lowest BCUT2D eigenvalue weighted by Gasteiger charge is -2.63. The minimum atomic E-state index is -0.130. The van der Waals surface area contributed by atoms with Crippen LogP contribution in [0.2, 0.25) is 0 Å². The minimum Gasteiger partial charge on any atom is -0.463 e. The van der Waals surface area contributed by atoms with Crippen molar-refractivity contribution >= 4 is 56.9 Å². The maximum absolute atomic E-state index is 13.9.